The highest BCUT2D eigenvalue weighted by molar-refractivity contribution is 5.35. The van der Waals surface area contributed by atoms with Crippen LogP contribution in [0.3, 0.4) is 0 Å². The van der Waals surface area contributed by atoms with Crippen LogP contribution < -0.4 is 5.32 Å². The first-order chi connectivity index (χ1) is 10.6. The number of rotatable bonds is 3. The number of hydrogen-bond donors (Lipinski definition) is 1. The normalized spacial score (nSPS) is 20.8. The summed E-state index contributed by atoms with van der Waals surface area (Å²) in [7, 11) is 1.93. The van der Waals surface area contributed by atoms with Crippen LogP contribution in [-0.4, -0.2) is 32.4 Å². The summed E-state index contributed by atoms with van der Waals surface area (Å²) in [6, 6.07) is 3.67. The minimum absolute atomic E-state index is 0.0653. The Bertz CT molecular complexity index is 732. The molecule has 0 unspecified atom stereocenters. The Kier molecular flexibility index (Phi) is 3.77. The number of anilines is 1. The largest absolute Gasteiger partial charge is 0.371 e. The molecule has 114 valence electrons. The van der Waals surface area contributed by atoms with Gasteiger partial charge in [0.2, 0.25) is 5.95 Å². The Labute approximate surface area is 129 Å². The summed E-state index contributed by atoms with van der Waals surface area (Å²) in [4.78, 5) is 8.35. The van der Waals surface area contributed by atoms with E-state index in [-0.39, 0.29) is 12.1 Å². The van der Waals surface area contributed by atoms with Gasteiger partial charge in [-0.2, -0.15) is 10.4 Å². The predicted octanol–water partition coefficient (Wildman–Crippen LogP) is 1.64. The molecule has 22 heavy (non-hydrogen) atoms. The Balaban J connectivity index is 1.86. The number of nitrogens with one attached hydrogen (secondary N) is 1. The fourth-order valence-corrected chi connectivity index (χ4v) is 2.88. The van der Waals surface area contributed by atoms with Crippen LogP contribution in [-0.2, 0) is 11.8 Å². The maximum absolute atomic E-state index is 8.92. The third-order valence-corrected chi connectivity index (χ3v) is 4.03. The first-order valence-electron chi connectivity index (χ1n) is 7.21. The van der Waals surface area contributed by atoms with Crippen LogP contribution in [0.25, 0.3) is 0 Å². The van der Waals surface area contributed by atoms with Crippen molar-refractivity contribution in [2.45, 2.75) is 32.4 Å². The highest BCUT2D eigenvalue weighted by atomic mass is 16.5. The van der Waals surface area contributed by atoms with Gasteiger partial charge in [0.15, 0.2) is 0 Å². The molecular formula is C15H18N6O. The standard InChI is InChI=1S/C15H18N6O/c1-9-13(10(2)21(3)20-9)14-12(5-7-22-14)19-15-17-6-4-11(8-16)18-15/h4,6,12,14H,5,7H2,1-3H3,(H,17,18,19)/t12-,14-/m0/s1. The maximum Gasteiger partial charge on any atom is 0.224 e. The van der Waals surface area contributed by atoms with Gasteiger partial charge in [-0.3, -0.25) is 4.68 Å². The molecule has 7 heteroatoms. The summed E-state index contributed by atoms with van der Waals surface area (Å²) in [5.41, 5.74) is 3.55. The fourth-order valence-electron chi connectivity index (χ4n) is 2.88. The molecule has 0 saturated carbocycles. The van der Waals surface area contributed by atoms with E-state index in [1.165, 1.54) is 0 Å². The van der Waals surface area contributed by atoms with E-state index in [0.717, 1.165) is 23.4 Å². The fraction of sp³-hybridized carbons (Fsp3) is 0.467. The molecule has 1 N–H and O–H groups in total. The molecule has 1 saturated heterocycles. The minimum Gasteiger partial charge on any atom is -0.371 e. The second kappa shape index (κ2) is 5.73. The summed E-state index contributed by atoms with van der Waals surface area (Å²) < 4.78 is 7.79. The molecule has 2 atom stereocenters. The monoisotopic (exact) mass is 298 g/mol. The van der Waals surface area contributed by atoms with Crippen molar-refractivity contribution in [1.82, 2.24) is 19.7 Å². The number of aryl methyl sites for hydroxylation is 2. The van der Waals surface area contributed by atoms with Gasteiger partial charge in [-0.05, 0) is 26.3 Å². The Hall–Kier alpha value is -2.46. The van der Waals surface area contributed by atoms with Crippen LogP contribution in [0.1, 0.15) is 35.2 Å². The number of ether oxygens (including phenoxy) is 1. The van der Waals surface area contributed by atoms with Gasteiger partial charge >= 0.3 is 0 Å². The van der Waals surface area contributed by atoms with Crippen molar-refractivity contribution >= 4 is 5.95 Å². The topological polar surface area (TPSA) is 88.6 Å². The van der Waals surface area contributed by atoms with Gasteiger partial charge in [0.25, 0.3) is 0 Å². The summed E-state index contributed by atoms with van der Waals surface area (Å²) in [5.74, 6) is 0.457. The second-order valence-corrected chi connectivity index (χ2v) is 5.42. The van der Waals surface area contributed by atoms with E-state index in [1.54, 1.807) is 12.3 Å². The number of hydrogen-bond acceptors (Lipinski definition) is 6. The molecule has 2 aromatic rings. The summed E-state index contributed by atoms with van der Waals surface area (Å²) in [6.07, 6.45) is 2.36. The van der Waals surface area contributed by atoms with E-state index in [2.05, 4.69) is 20.4 Å². The number of nitrogens with zero attached hydrogens (tertiary/aromatic N) is 5. The van der Waals surface area contributed by atoms with Gasteiger partial charge in [0.05, 0.1) is 11.7 Å². The molecule has 0 radical (unpaired) electrons. The van der Waals surface area contributed by atoms with Crippen molar-refractivity contribution in [1.29, 1.82) is 5.26 Å². The molecule has 1 fully saturated rings. The van der Waals surface area contributed by atoms with Gasteiger partial charge in [0, 0.05) is 31.1 Å². The van der Waals surface area contributed by atoms with Crippen LogP contribution in [0, 0.1) is 25.2 Å². The van der Waals surface area contributed by atoms with Gasteiger partial charge in [-0.25, -0.2) is 9.97 Å². The lowest BCUT2D eigenvalue weighted by atomic mass is 10.0. The number of nitriles is 1. The lowest BCUT2D eigenvalue weighted by Gasteiger charge is -2.20. The van der Waals surface area contributed by atoms with Crippen molar-refractivity contribution in [2.75, 3.05) is 11.9 Å². The first-order valence-corrected chi connectivity index (χ1v) is 7.21. The molecule has 0 spiro atoms. The zero-order valence-electron chi connectivity index (χ0n) is 12.9. The average molecular weight is 298 g/mol. The molecule has 7 nitrogen and oxygen atoms in total. The third-order valence-electron chi connectivity index (χ3n) is 4.03. The SMILES string of the molecule is Cc1nn(C)c(C)c1[C@H]1OCC[C@@H]1Nc1nccc(C#N)n1. The molecule has 0 bridgehead atoms. The first kappa shape index (κ1) is 14.5. The molecule has 1 aliphatic rings. The average Bonchev–Trinajstić information content (AvgIpc) is 3.04. The van der Waals surface area contributed by atoms with E-state index >= 15 is 0 Å². The lowest BCUT2D eigenvalue weighted by molar-refractivity contribution is 0.106. The van der Waals surface area contributed by atoms with Crippen molar-refractivity contribution in [3.8, 4) is 6.07 Å². The second-order valence-electron chi connectivity index (χ2n) is 5.42. The quantitative estimate of drug-likeness (QED) is 0.926. The van der Waals surface area contributed by atoms with E-state index in [4.69, 9.17) is 10.00 Å². The third kappa shape index (κ3) is 2.53. The van der Waals surface area contributed by atoms with Gasteiger partial charge < -0.3 is 10.1 Å². The summed E-state index contributed by atoms with van der Waals surface area (Å²) >= 11 is 0. The van der Waals surface area contributed by atoms with Gasteiger partial charge in [-0.1, -0.05) is 0 Å². The smallest absolute Gasteiger partial charge is 0.224 e. The molecule has 0 aliphatic carbocycles. The van der Waals surface area contributed by atoms with E-state index < -0.39 is 0 Å². The van der Waals surface area contributed by atoms with E-state index in [1.807, 2.05) is 31.6 Å². The van der Waals surface area contributed by atoms with Crippen molar-refractivity contribution in [3.05, 3.63) is 34.9 Å². The Morgan fingerprint density at radius 2 is 2.27 bits per heavy atom. The van der Waals surface area contributed by atoms with Crippen LogP contribution in [0.5, 0.6) is 0 Å². The van der Waals surface area contributed by atoms with Crippen molar-refractivity contribution < 1.29 is 4.74 Å². The maximum atomic E-state index is 8.92. The lowest BCUT2D eigenvalue weighted by Crippen LogP contribution is -2.25. The van der Waals surface area contributed by atoms with Crippen LogP contribution in [0.4, 0.5) is 5.95 Å². The molecule has 0 aromatic carbocycles. The summed E-state index contributed by atoms with van der Waals surface area (Å²) in [6.45, 7) is 4.71. The van der Waals surface area contributed by atoms with Crippen molar-refractivity contribution in [2.24, 2.45) is 7.05 Å². The van der Waals surface area contributed by atoms with Crippen LogP contribution in [0.15, 0.2) is 12.3 Å². The molecular weight excluding hydrogens is 280 g/mol. The van der Waals surface area contributed by atoms with Crippen LogP contribution >= 0.6 is 0 Å². The molecule has 2 aromatic heterocycles. The summed E-state index contributed by atoms with van der Waals surface area (Å²) in [5, 5.41) is 16.7. The minimum atomic E-state index is -0.0805. The number of aromatic nitrogens is 4. The Morgan fingerprint density at radius 3 is 2.95 bits per heavy atom. The zero-order valence-corrected chi connectivity index (χ0v) is 12.9. The molecule has 1 aliphatic heterocycles. The predicted molar refractivity (Wildman–Crippen MR) is 80.1 cm³/mol. The van der Waals surface area contributed by atoms with E-state index in [9.17, 15) is 0 Å². The van der Waals surface area contributed by atoms with Crippen molar-refractivity contribution in [3.63, 3.8) is 0 Å². The van der Waals surface area contributed by atoms with Crippen LogP contribution in [0.2, 0.25) is 0 Å². The molecule has 3 rings (SSSR count). The molecule has 3 heterocycles. The van der Waals surface area contributed by atoms with Gasteiger partial charge in [-0.15, -0.1) is 0 Å². The highest BCUT2D eigenvalue weighted by Gasteiger charge is 2.34. The Morgan fingerprint density at radius 1 is 1.45 bits per heavy atom. The van der Waals surface area contributed by atoms with E-state index in [0.29, 0.717) is 18.2 Å². The zero-order chi connectivity index (χ0) is 15.7. The highest BCUT2D eigenvalue weighted by Crippen LogP contribution is 2.34. The van der Waals surface area contributed by atoms with Gasteiger partial charge in [0.1, 0.15) is 17.9 Å². The molecule has 0 amide bonds.